The first-order valence-corrected chi connectivity index (χ1v) is 9.74. The van der Waals surface area contributed by atoms with Crippen molar-refractivity contribution in [3.63, 3.8) is 0 Å². The highest BCUT2D eigenvalue weighted by Crippen LogP contribution is 3.02. The molecule has 0 atom stereocenters. The molecular formula is C15H13F5N2OS2. The Morgan fingerprint density at radius 1 is 1.12 bits per heavy atom. The van der Waals surface area contributed by atoms with Crippen LogP contribution in [-0.4, -0.2) is 10.5 Å². The number of thiophene rings is 1. The number of rotatable bonds is 4. The van der Waals surface area contributed by atoms with E-state index in [0.717, 1.165) is 21.7 Å². The standard InChI is InChI=1S/C15H13F5N2OS2/c1-9-13(15(21)23)14-12(24-9)6-7-22(14)8-10-2-4-11(5-3-10)25(16,17,18,19)20/h2-7H,8H2,1H3,(H2,21,23). The maximum atomic E-state index is 12.8. The quantitative estimate of drug-likeness (QED) is 0.556. The molecule has 2 N–H and O–H groups in total. The number of carbonyl (C=O) groups excluding carboxylic acids is 1. The van der Waals surface area contributed by atoms with Crippen LogP contribution in [-0.2, 0) is 6.54 Å². The number of amides is 1. The minimum atomic E-state index is -9.67. The number of fused-ring (bicyclic) bond motifs is 1. The fraction of sp³-hybridized carbons (Fsp3) is 0.133. The normalized spacial score (nSPS) is 15.1. The number of aromatic nitrogens is 1. The van der Waals surface area contributed by atoms with Gasteiger partial charge in [-0.05, 0) is 30.7 Å². The van der Waals surface area contributed by atoms with Crippen LogP contribution in [0, 0.1) is 6.92 Å². The Morgan fingerprint density at radius 3 is 2.24 bits per heavy atom. The first kappa shape index (κ1) is 17.7. The van der Waals surface area contributed by atoms with Gasteiger partial charge in [-0.15, -0.1) is 11.3 Å². The predicted molar refractivity (Wildman–Crippen MR) is 90.0 cm³/mol. The van der Waals surface area contributed by atoms with Crippen molar-refractivity contribution in [3.8, 4) is 0 Å². The van der Waals surface area contributed by atoms with Crippen molar-refractivity contribution in [1.82, 2.24) is 4.57 Å². The number of halogens is 5. The maximum absolute atomic E-state index is 12.8. The highest BCUT2D eigenvalue weighted by Gasteiger charge is 2.65. The van der Waals surface area contributed by atoms with E-state index < -0.39 is 21.0 Å². The van der Waals surface area contributed by atoms with Crippen molar-refractivity contribution in [2.45, 2.75) is 18.4 Å². The summed E-state index contributed by atoms with van der Waals surface area (Å²) in [6.45, 7) is 1.87. The van der Waals surface area contributed by atoms with Gasteiger partial charge in [0.25, 0.3) is 5.91 Å². The molecule has 0 spiro atoms. The molecule has 0 aliphatic rings. The average molecular weight is 396 g/mol. The summed E-state index contributed by atoms with van der Waals surface area (Å²) in [4.78, 5) is 10.5. The Kier molecular flexibility index (Phi) is 3.38. The lowest BCUT2D eigenvalue weighted by molar-refractivity contribution is 0.100. The van der Waals surface area contributed by atoms with Gasteiger partial charge in [0.15, 0.2) is 0 Å². The van der Waals surface area contributed by atoms with E-state index in [0.29, 0.717) is 28.8 Å². The topological polar surface area (TPSA) is 48.0 Å². The molecule has 0 aliphatic carbocycles. The molecule has 0 saturated carbocycles. The van der Waals surface area contributed by atoms with Gasteiger partial charge in [-0.3, -0.25) is 4.79 Å². The molecule has 2 heterocycles. The minimum absolute atomic E-state index is 0.126. The highest BCUT2D eigenvalue weighted by molar-refractivity contribution is 8.45. The molecular weight excluding hydrogens is 383 g/mol. The van der Waals surface area contributed by atoms with Crippen LogP contribution < -0.4 is 5.73 Å². The number of primary amides is 1. The monoisotopic (exact) mass is 396 g/mol. The van der Waals surface area contributed by atoms with Crippen LogP contribution in [0.3, 0.4) is 0 Å². The van der Waals surface area contributed by atoms with Gasteiger partial charge in [-0.2, -0.15) is 0 Å². The Balaban J connectivity index is 1.99. The van der Waals surface area contributed by atoms with E-state index in [-0.39, 0.29) is 6.54 Å². The second-order valence-corrected chi connectivity index (χ2v) is 9.33. The third kappa shape index (κ3) is 3.36. The van der Waals surface area contributed by atoms with E-state index in [4.69, 9.17) is 5.73 Å². The van der Waals surface area contributed by atoms with Crippen molar-refractivity contribution >= 4 is 37.7 Å². The van der Waals surface area contributed by atoms with Gasteiger partial charge in [0.2, 0.25) is 0 Å². The number of nitrogens with zero attached hydrogens (tertiary/aromatic N) is 1. The van der Waals surface area contributed by atoms with Crippen LogP contribution in [0.5, 0.6) is 0 Å². The molecule has 0 unspecified atom stereocenters. The van der Waals surface area contributed by atoms with Crippen molar-refractivity contribution in [2.24, 2.45) is 5.73 Å². The van der Waals surface area contributed by atoms with Crippen LogP contribution in [0.2, 0.25) is 0 Å². The number of carbonyl (C=O) groups is 1. The van der Waals surface area contributed by atoms with E-state index in [1.807, 2.05) is 0 Å². The summed E-state index contributed by atoms with van der Waals surface area (Å²) in [5.74, 6) is -0.597. The van der Waals surface area contributed by atoms with Gasteiger partial charge in [0.05, 0.1) is 15.8 Å². The average Bonchev–Trinajstić information content (AvgIpc) is 2.95. The van der Waals surface area contributed by atoms with Gasteiger partial charge in [-0.1, -0.05) is 31.6 Å². The van der Waals surface area contributed by atoms with Gasteiger partial charge < -0.3 is 10.3 Å². The molecule has 10 heteroatoms. The molecule has 1 aromatic carbocycles. The summed E-state index contributed by atoms with van der Waals surface area (Å²) < 4.78 is 66.2. The zero-order valence-electron chi connectivity index (χ0n) is 12.8. The summed E-state index contributed by atoms with van der Waals surface area (Å²) in [5.41, 5.74) is 6.73. The molecule has 3 rings (SSSR count). The fourth-order valence-electron chi connectivity index (χ4n) is 2.66. The lowest BCUT2D eigenvalue weighted by Gasteiger charge is -2.40. The molecule has 3 aromatic rings. The first-order chi connectivity index (χ1) is 11.3. The third-order valence-corrected chi connectivity index (χ3v) is 5.97. The van der Waals surface area contributed by atoms with E-state index in [9.17, 15) is 24.2 Å². The largest absolute Gasteiger partial charge is 0.365 e. The minimum Gasteiger partial charge on any atom is -0.365 e. The first-order valence-electron chi connectivity index (χ1n) is 6.97. The second kappa shape index (κ2) is 4.76. The van der Waals surface area contributed by atoms with Crippen LogP contribution in [0.4, 0.5) is 19.4 Å². The highest BCUT2D eigenvalue weighted by atomic mass is 32.5. The van der Waals surface area contributed by atoms with E-state index in [2.05, 4.69) is 0 Å². The number of hydrogen-bond donors (Lipinski definition) is 1. The second-order valence-electron chi connectivity index (χ2n) is 5.67. The van der Waals surface area contributed by atoms with Gasteiger partial charge in [-0.25, -0.2) is 0 Å². The van der Waals surface area contributed by atoms with Gasteiger partial charge >= 0.3 is 10.2 Å². The molecule has 136 valence electrons. The van der Waals surface area contributed by atoms with Gasteiger partial charge in [0, 0.05) is 17.6 Å². The van der Waals surface area contributed by atoms with Crippen molar-refractivity contribution < 1.29 is 24.2 Å². The van der Waals surface area contributed by atoms with E-state index in [1.165, 1.54) is 11.3 Å². The molecule has 0 fully saturated rings. The van der Waals surface area contributed by atoms with Crippen molar-refractivity contribution in [1.29, 1.82) is 0 Å². The SMILES string of the molecule is Cc1sc2ccn(Cc3ccc(S(F)(F)(F)(F)F)cc3)c2c1C(N)=O. The number of nitrogens with two attached hydrogens (primary N) is 1. The van der Waals surface area contributed by atoms with Crippen LogP contribution in [0.1, 0.15) is 20.8 Å². The molecule has 1 amide bonds. The molecule has 0 saturated heterocycles. The Labute approximate surface area is 143 Å². The summed E-state index contributed by atoms with van der Waals surface area (Å²) in [6.07, 6.45) is 1.67. The fourth-order valence-corrected chi connectivity index (χ4v) is 4.38. The Bertz CT molecular complexity index is 988. The van der Waals surface area contributed by atoms with Crippen LogP contribution in [0.15, 0.2) is 41.4 Å². The maximum Gasteiger partial charge on any atom is 0.310 e. The summed E-state index contributed by atoms with van der Waals surface area (Å²) in [6, 6.07) is 4.53. The summed E-state index contributed by atoms with van der Waals surface area (Å²) in [7, 11) is -9.67. The molecule has 0 bridgehead atoms. The predicted octanol–water partition coefficient (Wildman–Crippen LogP) is 5.82. The smallest absolute Gasteiger partial charge is 0.310 e. The molecule has 3 nitrogen and oxygen atoms in total. The lowest BCUT2D eigenvalue weighted by Crippen LogP contribution is -2.13. The van der Waals surface area contributed by atoms with Gasteiger partial charge in [0.1, 0.15) is 4.90 Å². The van der Waals surface area contributed by atoms with E-state index in [1.54, 1.807) is 23.8 Å². The number of hydrogen-bond acceptors (Lipinski definition) is 2. The van der Waals surface area contributed by atoms with Crippen molar-refractivity contribution in [2.75, 3.05) is 0 Å². The third-order valence-electron chi connectivity index (χ3n) is 3.75. The number of aryl methyl sites for hydroxylation is 1. The van der Waals surface area contributed by atoms with Crippen LogP contribution >= 0.6 is 21.6 Å². The summed E-state index contributed by atoms with van der Waals surface area (Å²) >= 11 is 1.38. The number of benzene rings is 1. The van der Waals surface area contributed by atoms with E-state index >= 15 is 0 Å². The molecule has 2 aromatic heterocycles. The van der Waals surface area contributed by atoms with Crippen LogP contribution in [0.25, 0.3) is 10.2 Å². The Hall–Kier alpha value is -2.07. The van der Waals surface area contributed by atoms with Crippen molar-refractivity contribution in [3.05, 3.63) is 52.5 Å². The lowest BCUT2D eigenvalue weighted by atomic mass is 10.2. The Morgan fingerprint density at radius 2 is 1.72 bits per heavy atom. The zero-order chi connectivity index (χ0) is 18.7. The molecule has 0 radical (unpaired) electrons. The molecule has 25 heavy (non-hydrogen) atoms. The summed E-state index contributed by atoms with van der Waals surface area (Å²) in [5, 5.41) is 0. The molecule has 0 aliphatic heterocycles. The zero-order valence-corrected chi connectivity index (χ0v) is 14.4.